The molecule has 3 aromatic carbocycles. The van der Waals surface area contributed by atoms with Crippen LogP contribution in [-0.2, 0) is 6.54 Å². The predicted molar refractivity (Wildman–Crippen MR) is 131 cm³/mol. The van der Waals surface area contributed by atoms with Gasteiger partial charge in [0.2, 0.25) is 11.0 Å². The van der Waals surface area contributed by atoms with Gasteiger partial charge in [0, 0.05) is 26.1 Å². The van der Waals surface area contributed by atoms with Crippen molar-refractivity contribution in [2.45, 2.75) is 6.54 Å². The Balaban J connectivity index is 1.66. The number of hydrogen-bond donors (Lipinski definition) is 2. The number of aromatic nitrogens is 1. The number of azo groups is 1. The van der Waals surface area contributed by atoms with Crippen molar-refractivity contribution < 1.29 is 5.11 Å². The minimum atomic E-state index is -0.0368. The molecule has 31 heavy (non-hydrogen) atoms. The van der Waals surface area contributed by atoms with Gasteiger partial charge in [0.1, 0.15) is 0 Å². The molecule has 0 aliphatic heterocycles. The molecule has 0 aliphatic rings. The van der Waals surface area contributed by atoms with Crippen molar-refractivity contribution in [3.63, 3.8) is 0 Å². The number of rotatable bonds is 4. The molecule has 0 saturated carbocycles. The number of aromatic hydroxyl groups is 1. The van der Waals surface area contributed by atoms with E-state index in [1.54, 1.807) is 53.1 Å². The summed E-state index contributed by atoms with van der Waals surface area (Å²) >= 11 is 23.3. The maximum Gasteiger partial charge on any atom is 0.221 e. The Bertz CT molecular complexity index is 1290. The van der Waals surface area contributed by atoms with Crippen LogP contribution in [0, 0.1) is 0 Å². The van der Waals surface area contributed by atoms with E-state index in [0.29, 0.717) is 27.0 Å². The van der Waals surface area contributed by atoms with Crippen LogP contribution in [0.15, 0.2) is 77.0 Å². The number of nitrogens with one attached hydrogen (secondary N) is 1. The van der Waals surface area contributed by atoms with Crippen LogP contribution in [0.3, 0.4) is 0 Å². The third kappa shape index (κ3) is 4.99. The standard InChI is InChI=1S/C22H15Cl3N4OS/c23-14-3-1-13(2-4-14)12-29-19-10-7-16(25)11-18(19)20(21(29)30)27-28-22(31)26-17-8-5-15(24)6-9-17/h1-11,30H,12H2,(H,26,31). The normalized spacial score (nSPS) is 11.3. The zero-order valence-electron chi connectivity index (χ0n) is 15.9. The molecule has 4 aromatic rings. The fraction of sp³-hybridized carbons (Fsp3) is 0.0455. The number of hydrogen-bond acceptors (Lipinski definition) is 3. The van der Waals surface area contributed by atoms with Crippen LogP contribution in [0.4, 0.5) is 11.4 Å². The van der Waals surface area contributed by atoms with Gasteiger partial charge in [0.05, 0.1) is 12.1 Å². The Kier molecular flexibility index (Phi) is 6.43. The summed E-state index contributed by atoms with van der Waals surface area (Å²) in [5, 5.41) is 24.7. The number of anilines is 1. The fourth-order valence-electron chi connectivity index (χ4n) is 3.10. The fourth-order valence-corrected chi connectivity index (χ4v) is 3.69. The van der Waals surface area contributed by atoms with E-state index in [1.165, 1.54) is 0 Å². The highest BCUT2D eigenvalue weighted by Gasteiger charge is 2.17. The molecule has 0 saturated heterocycles. The van der Waals surface area contributed by atoms with Crippen molar-refractivity contribution in [3.05, 3.63) is 87.4 Å². The molecule has 1 aromatic heterocycles. The summed E-state index contributed by atoms with van der Waals surface area (Å²) in [5.74, 6) is -0.0368. The Morgan fingerprint density at radius 3 is 2.19 bits per heavy atom. The lowest BCUT2D eigenvalue weighted by molar-refractivity contribution is 0.429. The molecule has 0 atom stereocenters. The van der Waals surface area contributed by atoms with Crippen molar-refractivity contribution in [2.75, 3.05) is 5.32 Å². The van der Waals surface area contributed by atoms with E-state index in [9.17, 15) is 5.11 Å². The zero-order chi connectivity index (χ0) is 22.0. The first-order chi connectivity index (χ1) is 14.9. The lowest BCUT2D eigenvalue weighted by Gasteiger charge is -2.07. The summed E-state index contributed by atoms with van der Waals surface area (Å²) in [6, 6.07) is 19.8. The number of nitrogens with zero attached hydrogens (tertiary/aromatic N) is 3. The molecule has 0 fully saturated rings. The number of benzene rings is 3. The van der Waals surface area contributed by atoms with E-state index in [1.807, 2.05) is 18.2 Å². The van der Waals surface area contributed by atoms with Gasteiger partial charge < -0.3 is 15.0 Å². The highest BCUT2D eigenvalue weighted by molar-refractivity contribution is 7.80. The van der Waals surface area contributed by atoms with Crippen molar-refractivity contribution in [1.29, 1.82) is 0 Å². The van der Waals surface area contributed by atoms with Crippen LogP contribution >= 0.6 is 47.0 Å². The molecular weight excluding hydrogens is 475 g/mol. The van der Waals surface area contributed by atoms with Gasteiger partial charge in [-0.2, -0.15) is 0 Å². The topological polar surface area (TPSA) is 61.9 Å². The summed E-state index contributed by atoms with van der Waals surface area (Å²) in [5.41, 5.74) is 2.75. The lowest BCUT2D eigenvalue weighted by atomic mass is 10.2. The van der Waals surface area contributed by atoms with Crippen LogP contribution in [0.1, 0.15) is 5.56 Å². The van der Waals surface area contributed by atoms with E-state index in [-0.39, 0.29) is 16.7 Å². The molecule has 1 heterocycles. The first-order valence-corrected chi connectivity index (χ1v) is 10.7. The average molecular weight is 490 g/mol. The number of thiocarbonyl (C=S) groups is 1. The molecule has 0 bridgehead atoms. The summed E-state index contributed by atoms with van der Waals surface area (Å²) in [4.78, 5) is 0. The average Bonchev–Trinajstić information content (AvgIpc) is 3.00. The van der Waals surface area contributed by atoms with Crippen LogP contribution < -0.4 is 5.32 Å². The van der Waals surface area contributed by atoms with Gasteiger partial charge in [-0.05, 0) is 72.4 Å². The second-order valence-electron chi connectivity index (χ2n) is 6.68. The van der Waals surface area contributed by atoms with Gasteiger partial charge in [0.15, 0.2) is 5.69 Å². The minimum Gasteiger partial charge on any atom is -0.493 e. The van der Waals surface area contributed by atoms with Gasteiger partial charge in [-0.15, -0.1) is 10.2 Å². The molecule has 5 nitrogen and oxygen atoms in total. The first-order valence-electron chi connectivity index (χ1n) is 9.14. The Morgan fingerprint density at radius 1 is 0.903 bits per heavy atom. The Labute approximate surface area is 198 Å². The van der Waals surface area contributed by atoms with Crippen molar-refractivity contribution >= 4 is 74.4 Å². The van der Waals surface area contributed by atoms with Crippen molar-refractivity contribution in [1.82, 2.24) is 4.57 Å². The molecule has 4 rings (SSSR count). The maximum absolute atomic E-state index is 10.9. The monoisotopic (exact) mass is 488 g/mol. The molecule has 0 radical (unpaired) electrons. The lowest BCUT2D eigenvalue weighted by Crippen LogP contribution is -2.04. The molecule has 156 valence electrons. The third-order valence-corrected chi connectivity index (χ3v) is 5.49. The highest BCUT2D eigenvalue weighted by Crippen LogP contribution is 2.40. The Hall–Kier alpha value is -2.64. The highest BCUT2D eigenvalue weighted by atomic mass is 35.5. The molecule has 9 heteroatoms. The zero-order valence-corrected chi connectivity index (χ0v) is 19.0. The largest absolute Gasteiger partial charge is 0.493 e. The van der Waals surface area contributed by atoms with E-state index in [0.717, 1.165) is 16.8 Å². The molecule has 0 aliphatic carbocycles. The summed E-state index contributed by atoms with van der Waals surface area (Å²) in [6.45, 7) is 0.421. The molecular formula is C22H15Cl3N4OS. The third-order valence-electron chi connectivity index (χ3n) is 4.56. The van der Waals surface area contributed by atoms with Gasteiger partial charge in [0.25, 0.3) is 0 Å². The van der Waals surface area contributed by atoms with Crippen molar-refractivity contribution in [3.8, 4) is 5.88 Å². The number of fused-ring (bicyclic) bond motifs is 1. The molecule has 0 spiro atoms. The first kappa shape index (κ1) is 21.6. The van der Waals surface area contributed by atoms with E-state index < -0.39 is 0 Å². The second kappa shape index (κ2) is 9.24. The SMILES string of the molecule is Oc1c(N=NC(=S)Nc2ccc(Cl)cc2)c2cc(Cl)ccc2n1Cc1ccc(Cl)cc1. The number of halogens is 3. The van der Waals surface area contributed by atoms with Crippen molar-refractivity contribution in [2.24, 2.45) is 10.2 Å². The molecule has 0 unspecified atom stereocenters. The predicted octanol–water partition coefficient (Wildman–Crippen LogP) is 7.84. The van der Waals surface area contributed by atoms with Gasteiger partial charge >= 0.3 is 0 Å². The summed E-state index contributed by atoms with van der Waals surface area (Å²) < 4.78 is 1.74. The van der Waals surface area contributed by atoms with Crippen LogP contribution in [0.2, 0.25) is 15.1 Å². The summed E-state index contributed by atoms with van der Waals surface area (Å²) in [6.07, 6.45) is 0. The van der Waals surface area contributed by atoms with Gasteiger partial charge in [-0.25, -0.2) is 0 Å². The van der Waals surface area contributed by atoms with Crippen LogP contribution in [0.25, 0.3) is 10.9 Å². The van der Waals surface area contributed by atoms with E-state index >= 15 is 0 Å². The van der Waals surface area contributed by atoms with Gasteiger partial charge in [-0.3, -0.25) is 0 Å². The maximum atomic E-state index is 10.9. The van der Waals surface area contributed by atoms with E-state index in [2.05, 4.69) is 15.5 Å². The molecule has 2 N–H and O–H groups in total. The molecule has 0 amide bonds. The smallest absolute Gasteiger partial charge is 0.221 e. The van der Waals surface area contributed by atoms with Gasteiger partial charge in [-0.1, -0.05) is 46.9 Å². The minimum absolute atomic E-state index is 0.0368. The Morgan fingerprint density at radius 2 is 1.52 bits per heavy atom. The van der Waals surface area contributed by atoms with Crippen LogP contribution in [0.5, 0.6) is 5.88 Å². The van der Waals surface area contributed by atoms with E-state index in [4.69, 9.17) is 47.0 Å². The summed E-state index contributed by atoms with van der Waals surface area (Å²) in [7, 11) is 0. The second-order valence-corrected chi connectivity index (χ2v) is 8.38. The van der Waals surface area contributed by atoms with Crippen LogP contribution in [-0.4, -0.2) is 14.8 Å². The quantitative estimate of drug-likeness (QED) is 0.227.